The Morgan fingerprint density at radius 3 is 2.95 bits per heavy atom. The van der Waals surface area contributed by atoms with Gasteiger partial charge in [-0.15, -0.1) is 0 Å². The molecular weight excluding hydrogens is 272 g/mol. The number of amides is 1. The molecule has 3 atom stereocenters. The van der Waals surface area contributed by atoms with Gasteiger partial charge in [0.05, 0.1) is 0 Å². The number of allylic oxidation sites excluding steroid dienone is 2. The summed E-state index contributed by atoms with van der Waals surface area (Å²) < 4.78 is 0. The highest BCUT2D eigenvalue weighted by atomic mass is 16.1. The summed E-state index contributed by atoms with van der Waals surface area (Å²) in [5.74, 6) is 1.65. The number of rotatable bonds is 4. The number of hydrogen-bond donors (Lipinski definition) is 1. The number of nitrogens with one attached hydrogen (secondary N) is 1. The third kappa shape index (κ3) is 2.53. The minimum absolute atomic E-state index is 0.226. The fraction of sp³-hybridized carbons (Fsp3) is 0.526. The van der Waals surface area contributed by atoms with Gasteiger partial charge in [0.15, 0.2) is 0 Å². The molecule has 2 aliphatic carbocycles. The third-order valence-electron chi connectivity index (χ3n) is 5.50. The summed E-state index contributed by atoms with van der Waals surface area (Å²) in [7, 11) is 0. The molecule has 0 radical (unpaired) electrons. The van der Waals surface area contributed by atoms with E-state index in [2.05, 4.69) is 46.6 Å². The maximum atomic E-state index is 12.4. The minimum Gasteiger partial charge on any atom is -0.370 e. The van der Waals surface area contributed by atoms with Crippen molar-refractivity contribution in [3.8, 4) is 0 Å². The molecule has 3 nitrogen and oxygen atoms in total. The summed E-state index contributed by atoms with van der Waals surface area (Å²) in [6.07, 6.45) is 9.17. The van der Waals surface area contributed by atoms with E-state index in [1.165, 1.54) is 30.5 Å². The van der Waals surface area contributed by atoms with E-state index >= 15 is 0 Å². The highest BCUT2D eigenvalue weighted by Gasteiger charge is 2.39. The Hall–Kier alpha value is -1.77. The van der Waals surface area contributed by atoms with Crippen LogP contribution in [0, 0.1) is 17.8 Å². The molecular formula is C19H24N2O. The molecule has 4 rings (SSSR count). The zero-order valence-electron chi connectivity index (χ0n) is 13.0. The van der Waals surface area contributed by atoms with E-state index in [1.54, 1.807) is 0 Å². The molecule has 1 N–H and O–H groups in total. The summed E-state index contributed by atoms with van der Waals surface area (Å²) in [6, 6.07) is 8.66. The topological polar surface area (TPSA) is 32.3 Å². The van der Waals surface area contributed by atoms with E-state index in [0.717, 1.165) is 26.1 Å². The van der Waals surface area contributed by atoms with Crippen molar-refractivity contribution in [3.05, 3.63) is 42.0 Å². The van der Waals surface area contributed by atoms with Crippen molar-refractivity contribution in [1.29, 1.82) is 0 Å². The molecule has 22 heavy (non-hydrogen) atoms. The SMILES string of the molecule is O=C(NCCN1CCCc2ccccc21)[C@@H]1C[C@@H]2C=C[C@H]1C2. The van der Waals surface area contributed by atoms with Crippen LogP contribution in [0.15, 0.2) is 36.4 Å². The number of para-hydroxylation sites is 1. The molecule has 0 unspecified atom stereocenters. The lowest BCUT2D eigenvalue weighted by molar-refractivity contribution is -0.125. The largest absolute Gasteiger partial charge is 0.370 e. The molecule has 1 aliphatic heterocycles. The second-order valence-electron chi connectivity index (χ2n) is 6.90. The molecule has 3 aliphatic rings. The normalized spacial score (nSPS) is 28.7. The molecule has 1 amide bonds. The first-order chi connectivity index (χ1) is 10.8. The van der Waals surface area contributed by atoms with Crippen LogP contribution in [0.25, 0.3) is 0 Å². The average molecular weight is 296 g/mol. The summed E-state index contributed by atoms with van der Waals surface area (Å²) >= 11 is 0. The Morgan fingerprint density at radius 2 is 2.14 bits per heavy atom. The van der Waals surface area contributed by atoms with Crippen molar-refractivity contribution in [1.82, 2.24) is 5.32 Å². The van der Waals surface area contributed by atoms with E-state index in [0.29, 0.717) is 11.8 Å². The van der Waals surface area contributed by atoms with Crippen molar-refractivity contribution < 1.29 is 4.79 Å². The third-order valence-corrected chi connectivity index (χ3v) is 5.50. The number of hydrogen-bond acceptors (Lipinski definition) is 2. The molecule has 116 valence electrons. The number of anilines is 1. The Balaban J connectivity index is 1.31. The second-order valence-corrected chi connectivity index (χ2v) is 6.90. The lowest BCUT2D eigenvalue weighted by atomic mass is 9.93. The minimum atomic E-state index is 0.226. The molecule has 1 aromatic rings. The lowest BCUT2D eigenvalue weighted by Gasteiger charge is -2.31. The maximum absolute atomic E-state index is 12.4. The predicted molar refractivity (Wildman–Crippen MR) is 88.8 cm³/mol. The predicted octanol–water partition coefficient (Wildman–Crippen LogP) is 2.77. The van der Waals surface area contributed by atoms with Crippen LogP contribution in [0.2, 0.25) is 0 Å². The zero-order chi connectivity index (χ0) is 14.9. The second kappa shape index (κ2) is 5.79. The lowest BCUT2D eigenvalue weighted by Crippen LogP contribution is -2.40. The van der Waals surface area contributed by atoms with Gasteiger partial charge in [-0.05, 0) is 49.1 Å². The highest BCUT2D eigenvalue weighted by Crippen LogP contribution is 2.43. The molecule has 0 aromatic heterocycles. The number of carbonyl (C=O) groups excluding carboxylic acids is 1. The van der Waals surface area contributed by atoms with Gasteiger partial charge in [-0.2, -0.15) is 0 Å². The van der Waals surface area contributed by atoms with Crippen LogP contribution < -0.4 is 10.2 Å². The summed E-state index contributed by atoms with van der Waals surface area (Å²) in [4.78, 5) is 14.8. The van der Waals surface area contributed by atoms with E-state index in [4.69, 9.17) is 0 Å². The average Bonchev–Trinajstić information content (AvgIpc) is 3.18. The number of carbonyl (C=O) groups is 1. The van der Waals surface area contributed by atoms with Crippen LogP contribution in [-0.2, 0) is 11.2 Å². The van der Waals surface area contributed by atoms with Gasteiger partial charge in [-0.1, -0.05) is 30.4 Å². The van der Waals surface area contributed by atoms with E-state index in [9.17, 15) is 4.79 Å². The van der Waals surface area contributed by atoms with E-state index in [1.807, 2.05) is 0 Å². The van der Waals surface area contributed by atoms with E-state index in [-0.39, 0.29) is 11.8 Å². The van der Waals surface area contributed by atoms with Gasteiger partial charge < -0.3 is 10.2 Å². The van der Waals surface area contributed by atoms with Crippen molar-refractivity contribution >= 4 is 11.6 Å². The molecule has 3 heteroatoms. The smallest absolute Gasteiger partial charge is 0.223 e. The Morgan fingerprint density at radius 1 is 1.23 bits per heavy atom. The highest BCUT2D eigenvalue weighted by molar-refractivity contribution is 5.80. The number of fused-ring (bicyclic) bond motifs is 3. The monoisotopic (exact) mass is 296 g/mol. The standard InChI is InChI=1S/C19H24N2O/c22-19(17-13-14-7-8-16(17)12-14)20-9-11-21-10-3-5-15-4-1-2-6-18(15)21/h1-2,4,6-8,14,16-17H,3,5,9-13H2,(H,20,22)/t14-,16+,17-/m1/s1. The summed E-state index contributed by atoms with van der Waals surface area (Å²) in [5, 5.41) is 3.17. The quantitative estimate of drug-likeness (QED) is 0.867. The first-order valence-corrected chi connectivity index (χ1v) is 8.60. The fourth-order valence-electron chi connectivity index (χ4n) is 4.37. The number of nitrogens with zero attached hydrogens (tertiary/aromatic N) is 1. The van der Waals surface area contributed by atoms with Crippen LogP contribution >= 0.6 is 0 Å². The van der Waals surface area contributed by atoms with Gasteiger partial charge >= 0.3 is 0 Å². The first kappa shape index (κ1) is 13.9. The van der Waals surface area contributed by atoms with Gasteiger partial charge in [-0.3, -0.25) is 4.79 Å². The van der Waals surface area contributed by atoms with Gasteiger partial charge in [0, 0.05) is 31.2 Å². The van der Waals surface area contributed by atoms with Crippen molar-refractivity contribution in [2.75, 3.05) is 24.5 Å². The molecule has 2 bridgehead atoms. The summed E-state index contributed by atoms with van der Waals surface area (Å²) in [6.45, 7) is 2.77. The molecule has 1 aromatic carbocycles. The van der Waals surface area contributed by atoms with Crippen molar-refractivity contribution in [2.45, 2.75) is 25.7 Å². The number of benzene rings is 1. The van der Waals surface area contributed by atoms with Crippen LogP contribution in [0.5, 0.6) is 0 Å². The van der Waals surface area contributed by atoms with Crippen LogP contribution in [0.4, 0.5) is 5.69 Å². The Labute approximate surface area is 132 Å². The van der Waals surface area contributed by atoms with E-state index < -0.39 is 0 Å². The maximum Gasteiger partial charge on any atom is 0.223 e. The van der Waals surface area contributed by atoms with Crippen molar-refractivity contribution in [2.24, 2.45) is 17.8 Å². The van der Waals surface area contributed by atoms with Gasteiger partial charge in [0.25, 0.3) is 0 Å². The van der Waals surface area contributed by atoms with Crippen LogP contribution in [-0.4, -0.2) is 25.5 Å². The van der Waals surface area contributed by atoms with Crippen molar-refractivity contribution in [3.63, 3.8) is 0 Å². The molecule has 1 heterocycles. The zero-order valence-corrected chi connectivity index (χ0v) is 13.0. The molecule has 0 saturated heterocycles. The van der Waals surface area contributed by atoms with Gasteiger partial charge in [0.1, 0.15) is 0 Å². The van der Waals surface area contributed by atoms with Gasteiger partial charge in [0.2, 0.25) is 5.91 Å². The van der Waals surface area contributed by atoms with Crippen LogP contribution in [0.1, 0.15) is 24.8 Å². The number of aryl methyl sites for hydroxylation is 1. The summed E-state index contributed by atoms with van der Waals surface area (Å²) in [5.41, 5.74) is 2.80. The Kier molecular flexibility index (Phi) is 3.65. The Bertz CT molecular complexity index is 595. The first-order valence-electron chi connectivity index (χ1n) is 8.60. The molecule has 1 saturated carbocycles. The molecule has 1 fully saturated rings. The van der Waals surface area contributed by atoms with Gasteiger partial charge in [-0.25, -0.2) is 0 Å². The molecule has 0 spiro atoms. The van der Waals surface area contributed by atoms with Crippen LogP contribution in [0.3, 0.4) is 0 Å². The fourth-order valence-corrected chi connectivity index (χ4v) is 4.37.